The Kier molecular flexibility index (Phi) is 3.34. The standard InChI is InChI=1S/C17H28N2O2/c1-5-17(4)15(21)19(16(2,3)14(20)18-17)10-13-9-11-6-7-12(13)8-11/h11-13H,5-10H2,1-4H3,(H,18,20). The maximum absolute atomic E-state index is 12.9. The highest BCUT2D eigenvalue weighted by Crippen LogP contribution is 2.49. The quantitative estimate of drug-likeness (QED) is 0.868. The van der Waals surface area contributed by atoms with Crippen molar-refractivity contribution in [2.45, 2.75) is 70.9 Å². The molecule has 0 aromatic carbocycles. The molecule has 1 aliphatic heterocycles. The zero-order valence-corrected chi connectivity index (χ0v) is 13.7. The summed E-state index contributed by atoms with van der Waals surface area (Å²) >= 11 is 0. The SMILES string of the molecule is CCC1(C)NC(=O)C(C)(C)N(CC2CC3CCC2C3)C1=O. The van der Waals surface area contributed by atoms with Crippen molar-refractivity contribution in [3.8, 4) is 0 Å². The smallest absolute Gasteiger partial charge is 0.248 e. The van der Waals surface area contributed by atoms with Gasteiger partial charge < -0.3 is 10.2 Å². The van der Waals surface area contributed by atoms with Crippen LogP contribution in [0.3, 0.4) is 0 Å². The molecule has 4 unspecified atom stereocenters. The van der Waals surface area contributed by atoms with Gasteiger partial charge in [0.25, 0.3) is 0 Å². The average molecular weight is 292 g/mol. The molecule has 118 valence electrons. The number of hydrogen-bond donors (Lipinski definition) is 1. The van der Waals surface area contributed by atoms with Crippen molar-refractivity contribution in [1.82, 2.24) is 10.2 Å². The Balaban J connectivity index is 1.83. The van der Waals surface area contributed by atoms with E-state index in [-0.39, 0.29) is 11.8 Å². The van der Waals surface area contributed by atoms with Gasteiger partial charge in [0, 0.05) is 6.54 Å². The fourth-order valence-electron chi connectivity index (χ4n) is 4.52. The molecule has 0 spiro atoms. The molecular formula is C17H28N2O2. The van der Waals surface area contributed by atoms with Crippen molar-refractivity contribution in [1.29, 1.82) is 0 Å². The molecule has 2 amide bonds. The Morgan fingerprint density at radius 3 is 2.43 bits per heavy atom. The van der Waals surface area contributed by atoms with Gasteiger partial charge in [-0.15, -0.1) is 0 Å². The van der Waals surface area contributed by atoms with Crippen LogP contribution < -0.4 is 5.32 Å². The van der Waals surface area contributed by atoms with Crippen molar-refractivity contribution in [3.63, 3.8) is 0 Å². The normalized spacial score (nSPS) is 41.5. The highest BCUT2D eigenvalue weighted by atomic mass is 16.2. The van der Waals surface area contributed by atoms with Crippen LogP contribution in [0.2, 0.25) is 0 Å². The third kappa shape index (κ3) is 2.18. The number of rotatable bonds is 3. The van der Waals surface area contributed by atoms with E-state index in [1.165, 1.54) is 25.7 Å². The molecule has 3 rings (SSSR count). The highest BCUT2D eigenvalue weighted by molar-refractivity contribution is 6.01. The molecule has 2 bridgehead atoms. The highest BCUT2D eigenvalue weighted by Gasteiger charge is 2.53. The number of nitrogens with one attached hydrogen (secondary N) is 1. The van der Waals surface area contributed by atoms with Crippen LogP contribution in [0.4, 0.5) is 0 Å². The van der Waals surface area contributed by atoms with Crippen molar-refractivity contribution in [2.24, 2.45) is 17.8 Å². The zero-order valence-electron chi connectivity index (χ0n) is 13.7. The molecule has 0 aromatic heterocycles. The summed E-state index contributed by atoms with van der Waals surface area (Å²) in [6, 6.07) is 0. The fraction of sp³-hybridized carbons (Fsp3) is 0.882. The van der Waals surface area contributed by atoms with Gasteiger partial charge in [-0.25, -0.2) is 0 Å². The second kappa shape index (κ2) is 4.72. The number of nitrogens with zero attached hydrogens (tertiary/aromatic N) is 1. The second-order valence-electron chi connectivity index (χ2n) is 8.05. The van der Waals surface area contributed by atoms with Gasteiger partial charge in [0.1, 0.15) is 11.1 Å². The summed E-state index contributed by atoms with van der Waals surface area (Å²) < 4.78 is 0. The van der Waals surface area contributed by atoms with Gasteiger partial charge in [0.2, 0.25) is 11.8 Å². The van der Waals surface area contributed by atoms with E-state index in [2.05, 4.69) is 5.32 Å². The number of hydrogen-bond acceptors (Lipinski definition) is 2. The second-order valence-corrected chi connectivity index (χ2v) is 8.05. The molecule has 3 aliphatic rings. The lowest BCUT2D eigenvalue weighted by Gasteiger charge is -2.49. The van der Waals surface area contributed by atoms with E-state index >= 15 is 0 Å². The van der Waals surface area contributed by atoms with Crippen molar-refractivity contribution < 1.29 is 9.59 Å². The predicted octanol–water partition coefficient (Wildman–Crippen LogP) is 2.33. The van der Waals surface area contributed by atoms with Crippen LogP contribution in [0.1, 0.15) is 59.8 Å². The zero-order chi connectivity index (χ0) is 15.4. The van der Waals surface area contributed by atoms with Crippen LogP contribution >= 0.6 is 0 Å². The van der Waals surface area contributed by atoms with Gasteiger partial charge in [-0.1, -0.05) is 13.3 Å². The molecule has 2 saturated carbocycles. The molecule has 4 heteroatoms. The van der Waals surface area contributed by atoms with Crippen LogP contribution in [-0.2, 0) is 9.59 Å². The third-order valence-corrected chi connectivity index (χ3v) is 6.35. The topological polar surface area (TPSA) is 49.4 Å². The minimum atomic E-state index is -0.732. The van der Waals surface area contributed by atoms with Gasteiger partial charge in [-0.05, 0) is 64.2 Å². The summed E-state index contributed by atoms with van der Waals surface area (Å²) in [6.07, 6.45) is 5.90. The van der Waals surface area contributed by atoms with Gasteiger partial charge in [0.05, 0.1) is 0 Å². The van der Waals surface area contributed by atoms with Gasteiger partial charge in [0.15, 0.2) is 0 Å². The maximum Gasteiger partial charge on any atom is 0.248 e. The first-order valence-electron chi connectivity index (χ1n) is 8.42. The third-order valence-electron chi connectivity index (χ3n) is 6.35. The fourth-order valence-corrected chi connectivity index (χ4v) is 4.52. The molecule has 0 radical (unpaired) electrons. The summed E-state index contributed by atoms with van der Waals surface area (Å²) in [6.45, 7) is 8.34. The lowest BCUT2D eigenvalue weighted by Crippen LogP contribution is -2.73. The molecule has 4 atom stereocenters. The van der Waals surface area contributed by atoms with E-state index in [0.29, 0.717) is 12.3 Å². The Labute approximate surface area is 127 Å². The predicted molar refractivity (Wildman–Crippen MR) is 81.6 cm³/mol. The van der Waals surface area contributed by atoms with E-state index in [0.717, 1.165) is 18.4 Å². The largest absolute Gasteiger partial charge is 0.340 e. The average Bonchev–Trinajstić information content (AvgIpc) is 3.04. The molecule has 3 fully saturated rings. The number of carbonyl (C=O) groups is 2. The van der Waals surface area contributed by atoms with Crippen LogP contribution in [0.15, 0.2) is 0 Å². The minimum Gasteiger partial charge on any atom is -0.340 e. The van der Waals surface area contributed by atoms with Crippen LogP contribution in [-0.4, -0.2) is 34.3 Å². The molecule has 1 saturated heterocycles. The summed E-state index contributed by atoms with van der Waals surface area (Å²) in [4.78, 5) is 27.3. The van der Waals surface area contributed by atoms with E-state index in [9.17, 15) is 9.59 Å². The number of amides is 2. The lowest BCUT2D eigenvalue weighted by molar-refractivity contribution is -0.161. The van der Waals surface area contributed by atoms with E-state index in [4.69, 9.17) is 0 Å². The van der Waals surface area contributed by atoms with Crippen molar-refractivity contribution in [2.75, 3.05) is 6.54 Å². The summed E-state index contributed by atoms with van der Waals surface area (Å²) in [5.74, 6) is 2.32. The van der Waals surface area contributed by atoms with E-state index in [1.54, 1.807) is 0 Å². The molecule has 1 N–H and O–H groups in total. The van der Waals surface area contributed by atoms with Gasteiger partial charge >= 0.3 is 0 Å². The first kappa shape index (κ1) is 14.9. The Morgan fingerprint density at radius 2 is 1.90 bits per heavy atom. The number of piperazine rings is 1. The molecule has 4 nitrogen and oxygen atoms in total. The summed E-state index contributed by atoms with van der Waals surface area (Å²) in [7, 11) is 0. The molecule has 21 heavy (non-hydrogen) atoms. The number of carbonyl (C=O) groups excluding carboxylic acids is 2. The molecule has 0 aromatic rings. The first-order chi connectivity index (χ1) is 9.78. The van der Waals surface area contributed by atoms with E-state index < -0.39 is 11.1 Å². The summed E-state index contributed by atoms with van der Waals surface area (Å²) in [5.41, 5.74) is -1.46. The Morgan fingerprint density at radius 1 is 1.19 bits per heavy atom. The molecule has 1 heterocycles. The van der Waals surface area contributed by atoms with Crippen LogP contribution in [0.5, 0.6) is 0 Å². The van der Waals surface area contributed by atoms with E-state index in [1.807, 2.05) is 32.6 Å². The van der Waals surface area contributed by atoms with Crippen LogP contribution in [0, 0.1) is 17.8 Å². The number of fused-ring (bicyclic) bond motifs is 2. The van der Waals surface area contributed by atoms with Gasteiger partial charge in [-0.2, -0.15) is 0 Å². The van der Waals surface area contributed by atoms with Gasteiger partial charge in [-0.3, -0.25) is 9.59 Å². The van der Waals surface area contributed by atoms with Crippen molar-refractivity contribution >= 4 is 11.8 Å². The maximum atomic E-state index is 12.9. The summed E-state index contributed by atoms with van der Waals surface area (Å²) in [5, 5.41) is 2.94. The molecule has 2 aliphatic carbocycles. The first-order valence-corrected chi connectivity index (χ1v) is 8.42. The minimum absolute atomic E-state index is 0.0189. The Hall–Kier alpha value is -1.06. The molecular weight excluding hydrogens is 264 g/mol. The lowest BCUT2D eigenvalue weighted by atomic mass is 9.83. The van der Waals surface area contributed by atoms with Crippen molar-refractivity contribution in [3.05, 3.63) is 0 Å². The monoisotopic (exact) mass is 292 g/mol. The Bertz CT molecular complexity index is 473. The van der Waals surface area contributed by atoms with Crippen LogP contribution in [0.25, 0.3) is 0 Å².